The normalized spacial score (nSPS) is 15.6. The Morgan fingerprint density at radius 2 is 1.58 bits per heavy atom. The Morgan fingerprint density at radius 3 is 1.95 bits per heavy atom. The standard InChI is InChI=1S/C18H31N/c1-8-18(5,6)16-11-9-15(10-12-16)17(19-7)14(4)13(2)3/h9-14,17,19H,8H2,1-7H3. The molecule has 0 aromatic heterocycles. The van der Waals surface area contributed by atoms with E-state index in [1.165, 1.54) is 17.5 Å². The molecule has 1 nitrogen and oxygen atoms in total. The second kappa shape index (κ2) is 6.56. The molecule has 0 fully saturated rings. The fourth-order valence-electron chi connectivity index (χ4n) is 2.46. The van der Waals surface area contributed by atoms with Gasteiger partial charge in [-0.15, -0.1) is 0 Å². The molecule has 1 heteroatoms. The van der Waals surface area contributed by atoms with Crippen LogP contribution in [0.1, 0.15) is 65.1 Å². The van der Waals surface area contributed by atoms with Gasteiger partial charge in [-0.3, -0.25) is 0 Å². The Labute approximate surface area is 119 Å². The lowest BCUT2D eigenvalue weighted by atomic mass is 9.80. The van der Waals surface area contributed by atoms with E-state index in [9.17, 15) is 0 Å². The van der Waals surface area contributed by atoms with E-state index in [0.717, 1.165) is 0 Å². The molecule has 0 saturated heterocycles. The minimum Gasteiger partial charge on any atom is -0.313 e. The topological polar surface area (TPSA) is 12.0 Å². The second-order valence-corrected chi connectivity index (χ2v) is 6.73. The third-order valence-electron chi connectivity index (χ3n) is 4.82. The van der Waals surface area contributed by atoms with Crippen LogP contribution in [-0.2, 0) is 5.41 Å². The Hall–Kier alpha value is -0.820. The molecule has 0 aliphatic heterocycles. The second-order valence-electron chi connectivity index (χ2n) is 6.73. The molecule has 0 amide bonds. The fraction of sp³-hybridized carbons (Fsp3) is 0.667. The summed E-state index contributed by atoms with van der Waals surface area (Å²) in [4.78, 5) is 0. The van der Waals surface area contributed by atoms with Crippen molar-refractivity contribution in [3.8, 4) is 0 Å². The predicted octanol–water partition coefficient (Wildman–Crippen LogP) is 4.93. The first-order valence-corrected chi connectivity index (χ1v) is 7.61. The zero-order chi connectivity index (χ0) is 14.6. The molecular weight excluding hydrogens is 230 g/mol. The number of nitrogens with one attached hydrogen (secondary N) is 1. The van der Waals surface area contributed by atoms with Gasteiger partial charge in [-0.05, 0) is 41.8 Å². The van der Waals surface area contributed by atoms with Crippen LogP contribution in [0.3, 0.4) is 0 Å². The van der Waals surface area contributed by atoms with Crippen molar-refractivity contribution in [1.82, 2.24) is 5.32 Å². The van der Waals surface area contributed by atoms with Crippen molar-refractivity contribution in [3.05, 3.63) is 35.4 Å². The average Bonchev–Trinajstić information content (AvgIpc) is 2.40. The number of hydrogen-bond acceptors (Lipinski definition) is 1. The Morgan fingerprint density at radius 1 is 1.05 bits per heavy atom. The van der Waals surface area contributed by atoms with Gasteiger partial charge in [0.2, 0.25) is 0 Å². The van der Waals surface area contributed by atoms with E-state index >= 15 is 0 Å². The molecule has 108 valence electrons. The van der Waals surface area contributed by atoms with Crippen molar-refractivity contribution in [3.63, 3.8) is 0 Å². The summed E-state index contributed by atoms with van der Waals surface area (Å²) in [6.07, 6.45) is 1.17. The highest BCUT2D eigenvalue weighted by Gasteiger charge is 2.22. The maximum Gasteiger partial charge on any atom is 0.0345 e. The Balaban J connectivity index is 2.97. The van der Waals surface area contributed by atoms with Gasteiger partial charge in [-0.25, -0.2) is 0 Å². The van der Waals surface area contributed by atoms with Gasteiger partial charge in [-0.1, -0.05) is 65.8 Å². The Kier molecular flexibility index (Phi) is 5.61. The van der Waals surface area contributed by atoms with Gasteiger partial charge in [0.1, 0.15) is 0 Å². The van der Waals surface area contributed by atoms with E-state index in [-0.39, 0.29) is 5.41 Å². The Bertz CT molecular complexity index is 375. The zero-order valence-corrected chi connectivity index (χ0v) is 13.7. The van der Waals surface area contributed by atoms with E-state index in [1.807, 2.05) is 0 Å². The summed E-state index contributed by atoms with van der Waals surface area (Å²) in [6.45, 7) is 13.8. The molecule has 1 N–H and O–H groups in total. The molecule has 0 radical (unpaired) electrons. The summed E-state index contributed by atoms with van der Waals surface area (Å²) >= 11 is 0. The van der Waals surface area contributed by atoms with Crippen molar-refractivity contribution in [2.75, 3.05) is 7.05 Å². The van der Waals surface area contributed by atoms with Crippen LogP contribution in [0.25, 0.3) is 0 Å². The molecule has 1 rings (SSSR count). The fourth-order valence-corrected chi connectivity index (χ4v) is 2.46. The molecule has 0 aliphatic carbocycles. The molecule has 0 bridgehead atoms. The molecule has 2 atom stereocenters. The molecule has 0 aliphatic rings. The highest BCUT2D eigenvalue weighted by atomic mass is 14.9. The summed E-state index contributed by atoms with van der Waals surface area (Å²) in [5.74, 6) is 1.32. The third-order valence-corrected chi connectivity index (χ3v) is 4.82. The minimum atomic E-state index is 0.275. The first-order chi connectivity index (χ1) is 8.83. The largest absolute Gasteiger partial charge is 0.313 e. The van der Waals surface area contributed by atoms with Crippen LogP contribution in [0.2, 0.25) is 0 Å². The highest BCUT2D eigenvalue weighted by Crippen LogP contribution is 2.31. The van der Waals surface area contributed by atoms with Crippen LogP contribution < -0.4 is 5.32 Å². The zero-order valence-electron chi connectivity index (χ0n) is 13.7. The van der Waals surface area contributed by atoms with Crippen LogP contribution in [0, 0.1) is 11.8 Å². The minimum absolute atomic E-state index is 0.275. The lowest BCUT2D eigenvalue weighted by Crippen LogP contribution is -2.26. The van der Waals surface area contributed by atoms with Crippen molar-refractivity contribution < 1.29 is 0 Å². The van der Waals surface area contributed by atoms with E-state index in [0.29, 0.717) is 17.9 Å². The van der Waals surface area contributed by atoms with E-state index < -0.39 is 0 Å². The van der Waals surface area contributed by atoms with Gasteiger partial charge in [0, 0.05) is 6.04 Å². The summed E-state index contributed by atoms with van der Waals surface area (Å²) < 4.78 is 0. The maximum absolute atomic E-state index is 3.47. The van der Waals surface area contributed by atoms with E-state index in [4.69, 9.17) is 0 Å². The molecule has 2 unspecified atom stereocenters. The third kappa shape index (κ3) is 3.82. The van der Waals surface area contributed by atoms with Gasteiger partial charge in [0.25, 0.3) is 0 Å². The monoisotopic (exact) mass is 261 g/mol. The van der Waals surface area contributed by atoms with Crippen LogP contribution in [-0.4, -0.2) is 7.05 Å². The van der Waals surface area contributed by atoms with Crippen molar-refractivity contribution in [1.29, 1.82) is 0 Å². The first-order valence-electron chi connectivity index (χ1n) is 7.61. The molecule has 0 heterocycles. The van der Waals surface area contributed by atoms with E-state index in [1.54, 1.807) is 0 Å². The number of rotatable bonds is 6. The summed E-state index contributed by atoms with van der Waals surface area (Å²) in [5, 5.41) is 3.47. The maximum atomic E-state index is 3.47. The average molecular weight is 261 g/mol. The molecule has 1 aromatic rings. The molecule has 0 saturated carbocycles. The predicted molar refractivity (Wildman–Crippen MR) is 85.6 cm³/mol. The van der Waals surface area contributed by atoms with Crippen molar-refractivity contribution in [2.24, 2.45) is 11.8 Å². The van der Waals surface area contributed by atoms with Gasteiger partial charge in [-0.2, -0.15) is 0 Å². The molecule has 19 heavy (non-hydrogen) atoms. The quantitative estimate of drug-likeness (QED) is 0.766. The van der Waals surface area contributed by atoms with Crippen LogP contribution >= 0.6 is 0 Å². The van der Waals surface area contributed by atoms with Crippen LogP contribution in [0.15, 0.2) is 24.3 Å². The molecule has 0 spiro atoms. The van der Waals surface area contributed by atoms with Gasteiger partial charge < -0.3 is 5.32 Å². The van der Waals surface area contributed by atoms with E-state index in [2.05, 4.69) is 78.2 Å². The smallest absolute Gasteiger partial charge is 0.0345 e. The number of hydrogen-bond donors (Lipinski definition) is 1. The SMILES string of the molecule is CCC(C)(C)c1ccc(C(NC)C(C)C(C)C)cc1. The molecule has 1 aromatic carbocycles. The van der Waals surface area contributed by atoms with Crippen LogP contribution in [0.5, 0.6) is 0 Å². The lowest BCUT2D eigenvalue weighted by molar-refractivity contribution is 0.317. The van der Waals surface area contributed by atoms with Crippen LogP contribution in [0.4, 0.5) is 0 Å². The van der Waals surface area contributed by atoms with Gasteiger partial charge in [0.05, 0.1) is 0 Å². The summed E-state index contributed by atoms with van der Waals surface area (Å²) in [5.41, 5.74) is 3.11. The number of benzene rings is 1. The summed E-state index contributed by atoms with van der Waals surface area (Å²) in [6, 6.07) is 9.64. The molecular formula is C18H31N. The summed E-state index contributed by atoms with van der Waals surface area (Å²) in [7, 11) is 2.06. The van der Waals surface area contributed by atoms with Crippen molar-refractivity contribution >= 4 is 0 Å². The lowest BCUT2D eigenvalue weighted by Gasteiger charge is -2.28. The highest BCUT2D eigenvalue weighted by molar-refractivity contribution is 5.30. The van der Waals surface area contributed by atoms with Gasteiger partial charge in [0.15, 0.2) is 0 Å². The van der Waals surface area contributed by atoms with Crippen molar-refractivity contribution in [2.45, 2.75) is 59.4 Å². The van der Waals surface area contributed by atoms with Gasteiger partial charge >= 0.3 is 0 Å². The first kappa shape index (κ1) is 16.2.